The third kappa shape index (κ3) is 4.16. The number of aliphatic carboxylic acids is 1. The minimum absolute atomic E-state index is 0.0505. The first kappa shape index (κ1) is 12.9. The van der Waals surface area contributed by atoms with Crippen molar-refractivity contribution in [1.82, 2.24) is 5.32 Å². The van der Waals surface area contributed by atoms with Crippen LogP contribution in [0.25, 0.3) is 0 Å². The second-order valence-corrected chi connectivity index (χ2v) is 4.04. The predicted octanol–water partition coefficient (Wildman–Crippen LogP) is 2.43. The van der Waals surface area contributed by atoms with Gasteiger partial charge in [-0.2, -0.15) is 0 Å². The van der Waals surface area contributed by atoms with Gasteiger partial charge in [0.15, 0.2) is 0 Å². The van der Waals surface area contributed by atoms with Crippen LogP contribution in [-0.2, 0) is 11.3 Å². The van der Waals surface area contributed by atoms with Crippen LogP contribution < -0.4 is 5.32 Å². The van der Waals surface area contributed by atoms with Gasteiger partial charge in [0, 0.05) is 12.6 Å². The minimum Gasteiger partial charge on any atom is -0.481 e. The molecule has 3 nitrogen and oxygen atoms in total. The standard InChI is InChI=1S/C11H13ClFNO2/c1-7(4-11(15)16)14-6-8-2-3-10(13)9(12)5-8/h2-3,5,7,14H,4,6H2,1H3,(H,15,16). The molecule has 0 bridgehead atoms. The van der Waals surface area contributed by atoms with Crippen molar-refractivity contribution in [3.63, 3.8) is 0 Å². The molecule has 1 atom stereocenters. The Morgan fingerprint density at radius 1 is 1.62 bits per heavy atom. The summed E-state index contributed by atoms with van der Waals surface area (Å²) >= 11 is 5.62. The molecule has 2 N–H and O–H groups in total. The molecule has 0 aliphatic heterocycles. The number of hydrogen-bond donors (Lipinski definition) is 2. The molecule has 0 aliphatic carbocycles. The van der Waals surface area contributed by atoms with Gasteiger partial charge in [-0.25, -0.2) is 4.39 Å². The maximum absolute atomic E-state index is 12.8. The van der Waals surface area contributed by atoms with Crippen molar-refractivity contribution in [3.05, 3.63) is 34.6 Å². The zero-order chi connectivity index (χ0) is 12.1. The second-order valence-electron chi connectivity index (χ2n) is 3.63. The molecule has 0 spiro atoms. The third-order valence-corrected chi connectivity index (χ3v) is 2.41. The van der Waals surface area contributed by atoms with Crippen LogP contribution in [-0.4, -0.2) is 17.1 Å². The molecule has 1 aromatic carbocycles. The van der Waals surface area contributed by atoms with Gasteiger partial charge in [0.2, 0.25) is 0 Å². The number of halogens is 2. The molecule has 88 valence electrons. The molecular weight excluding hydrogens is 233 g/mol. The number of hydrogen-bond acceptors (Lipinski definition) is 2. The van der Waals surface area contributed by atoms with Crippen LogP contribution in [0.2, 0.25) is 5.02 Å². The van der Waals surface area contributed by atoms with Gasteiger partial charge in [0.05, 0.1) is 11.4 Å². The fourth-order valence-electron chi connectivity index (χ4n) is 1.28. The van der Waals surface area contributed by atoms with E-state index in [-0.39, 0.29) is 17.5 Å². The molecular formula is C11H13ClFNO2. The van der Waals surface area contributed by atoms with Crippen LogP contribution in [0.3, 0.4) is 0 Å². The highest BCUT2D eigenvalue weighted by Gasteiger charge is 2.07. The van der Waals surface area contributed by atoms with Crippen LogP contribution >= 0.6 is 11.6 Å². The van der Waals surface area contributed by atoms with Gasteiger partial charge in [-0.15, -0.1) is 0 Å². The fraction of sp³-hybridized carbons (Fsp3) is 0.364. The molecule has 1 rings (SSSR count). The van der Waals surface area contributed by atoms with E-state index in [0.717, 1.165) is 5.56 Å². The van der Waals surface area contributed by atoms with E-state index in [0.29, 0.717) is 6.54 Å². The Bertz CT molecular complexity index is 384. The second kappa shape index (κ2) is 5.82. The van der Waals surface area contributed by atoms with Gasteiger partial charge in [-0.1, -0.05) is 17.7 Å². The Kier molecular flexibility index (Phi) is 4.71. The van der Waals surface area contributed by atoms with E-state index in [1.807, 2.05) is 0 Å². The maximum atomic E-state index is 12.8. The normalized spacial score (nSPS) is 12.4. The van der Waals surface area contributed by atoms with Gasteiger partial charge in [0.1, 0.15) is 5.82 Å². The summed E-state index contributed by atoms with van der Waals surface area (Å²) in [5.41, 5.74) is 0.823. The highest BCUT2D eigenvalue weighted by molar-refractivity contribution is 6.30. The molecule has 0 saturated carbocycles. The molecule has 0 saturated heterocycles. The van der Waals surface area contributed by atoms with E-state index in [2.05, 4.69) is 5.32 Å². The highest BCUT2D eigenvalue weighted by atomic mass is 35.5. The van der Waals surface area contributed by atoms with Crippen molar-refractivity contribution in [2.24, 2.45) is 0 Å². The summed E-state index contributed by atoms with van der Waals surface area (Å²) in [6.45, 7) is 2.24. The first-order chi connectivity index (χ1) is 7.49. The molecule has 1 unspecified atom stereocenters. The highest BCUT2D eigenvalue weighted by Crippen LogP contribution is 2.15. The van der Waals surface area contributed by atoms with E-state index in [9.17, 15) is 9.18 Å². The third-order valence-electron chi connectivity index (χ3n) is 2.12. The quantitative estimate of drug-likeness (QED) is 0.838. The summed E-state index contributed by atoms with van der Waals surface area (Å²) in [7, 11) is 0. The Hall–Kier alpha value is -1.13. The summed E-state index contributed by atoms with van der Waals surface area (Å²) < 4.78 is 12.8. The smallest absolute Gasteiger partial charge is 0.304 e. The van der Waals surface area contributed by atoms with Crippen molar-refractivity contribution < 1.29 is 14.3 Å². The van der Waals surface area contributed by atoms with Gasteiger partial charge in [-0.05, 0) is 24.6 Å². The maximum Gasteiger partial charge on any atom is 0.304 e. The molecule has 16 heavy (non-hydrogen) atoms. The lowest BCUT2D eigenvalue weighted by molar-refractivity contribution is -0.137. The van der Waals surface area contributed by atoms with E-state index in [1.165, 1.54) is 12.1 Å². The number of nitrogens with one attached hydrogen (secondary N) is 1. The van der Waals surface area contributed by atoms with Crippen LogP contribution in [0, 0.1) is 5.82 Å². The number of carboxylic acid groups (broad SMARTS) is 1. The summed E-state index contributed by atoms with van der Waals surface area (Å²) in [4.78, 5) is 10.4. The molecule has 0 heterocycles. The van der Waals surface area contributed by atoms with Crippen molar-refractivity contribution in [2.45, 2.75) is 25.9 Å². The summed E-state index contributed by atoms with van der Waals surface area (Å²) in [5.74, 6) is -1.30. The topological polar surface area (TPSA) is 49.3 Å². The molecule has 0 fully saturated rings. The molecule has 1 aromatic rings. The molecule has 5 heteroatoms. The van der Waals surface area contributed by atoms with E-state index in [1.54, 1.807) is 13.0 Å². The minimum atomic E-state index is -0.850. The molecule has 0 aromatic heterocycles. The first-order valence-corrected chi connectivity index (χ1v) is 5.26. The van der Waals surface area contributed by atoms with Gasteiger partial charge < -0.3 is 10.4 Å². The van der Waals surface area contributed by atoms with Crippen LogP contribution in [0.15, 0.2) is 18.2 Å². The number of carboxylic acids is 1. The van der Waals surface area contributed by atoms with E-state index < -0.39 is 11.8 Å². The van der Waals surface area contributed by atoms with Crippen LogP contribution in [0.5, 0.6) is 0 Å². The first-order valence-electron chi connectivity index (χ1n) is 4.88. The Labute approximate surface area is 98.2 Å². The lowest BCUT2D eigenvalue weighted by atomic mass is 10.2. The van der Waals surface area contributed by atoms with Crippen molar-refractivity contribution in [2.75, 3.05) is 0 Å². The van der Waals surface area contributed by atoms with E-state index >= 15 is 0 Å². The molecule has 0 aliphatic rings. The number of carbonyl (C=O) groups is 1. The van der Waals surface area contributed by atoms with Crippen molar-refractivity contribution in [3.8, 4) is 0 Å². The lowest BCUT2D eigenvalue weighted by Crippen LogP contribution is -2.27. The van der Waals surface area contributed by atoms with Crippen LogP contribution in [0.4, 0.5) is 4.39 Å². The SMILES string of the molecule is CC(CC(=O)O)NCc1ccc(F)c(Cl)c1. The van der Waals surface area contributed by atoms with E-state index in [4.69, 9.17) is 16.7 Å². The summed E-state index contributed by atoms with van der Waals surface area (Å²) in [5, 5.41) is 11.6. The monoisotopic (exact) mass is 245 g/mol. The zero-order valence-corrected chi connectivity index (χ0v) is 9.59. The Morgan fingerprint density at radius 2 is 2.31 bits per heavy atom. The van der Waals surface area contributed by atoms with Crippen molar-refractivity contribution >= 4 is 17.6 Å². The van der Waals surface area contributed by atoms with Crippen molar-refractivity contribution in [1.29, 1.82) is 0 Å². The van der Waals surface area contributed by atoms with Crippen LogP contribution in [0.1, 0.15) is 18.9 Å². The number of benzene rings is 1. The predicted molar refractivity (Wildman–Crippen MR) is 60.0 cm³/mol. The molecule has 0 amide bonds. The summed E-state index contributed by atoms with van der Waals surface area (Å²) in [6.07, 6.45) is 0.0505. The Morgan fingerprint density at radius 3 is 2.88 bits per heavy atom. The summed E-state index contributed by atoms with van der Waals surface area (Å²) in [6, 6.07) is 4.29. The fourth-order valence-corrected chi connectivity index (χ4v) is 1.48. The van der Waals surface area contributed by atoms with Gasteiger partial charge >= 0.3 is 5.97 Å². The van der Waals surface area contributed by atoms with Gasteiger partial charge in [0.25, 0.3) is 0 Å². The largest absolute Gasteiger partial charge is 0.481 e. The zero-order valence-electron chi connectivity index (χ0n) is 8.84. The molecule has 0 radical (unpaired) electrons. The average Bonchev–Trinajstić information content (AvgIpc) is 2.19. The Balaban J connectivity index is 2.48. The lowest BCUT2D eigenvalue weighted by Gasteiger charge is -2.11. The average molecular weight is 246 g/mol. The number of rotatable bonds is 5. The van der Waals surface area contributed by atoms with Gasteiger partial charge in [-0.3, -0.25) is 4.79 Å².